The minimum Gasteiger partial charge on any atom is -0.481 e. The molecule has 5 nitrogen and oxygen atoms in total. The number of amides is 1. The number of carboxylic acids is 1. The zero-order valence-electron chi connectivity index (χ0n) is 11.8. The second-order valence-corrected chi connectivity index (χ2v) is 6.07. The van der Waals surface area contributed by atoms with Crippen LogP contribution in [0.15, 0.2) is 0 Å². The summed E-state index contributed by atoms with van der Waals surface area (Å²) in [6.07, 6.45) is 3.97. The number of carboxylic acid groups (broad SMARTS) is 1. The van der Waals surface area contributed by atoms with E-state index in [0.29, 0.717) is 18.9 Å². The quantitative estimate of drug-likeness (QED) is 0.831. The van der Waals surface area contributed by atoms with Crippen LogP contribution in [0.5, 0.6) is 0 Å². The van der Waals surface area contributed by atoms with Crippen LogP contribution in [0.25, 0.3) is 0 Å². The van der Waals surface area contributed by atoms with E-state index in [1.54, 1.807) is 0 Å². The molecule has 1 amide bonds. The number of carbonyl (C=O) groups is 2. The average molecular weight is 268 g/mol. The van der Waals surface area contributed by atoms with Crippen LogP contribution < -0.4 is 0 Å². The lowest BCUT2D eigenvalue weighted by atomic mass is 9.99. The Morgan fingerprint density at radius 3 is 2.11 bits per heavy atom. The standard InChI is InChI=1S/C14H24N2O3/c1-15(2)12-5-7-16(8-6-12)13(17)10-3-4-11(9-10)14(18)19/h10-12H,3-9H2,1-2H3,(H,18,19). The number of hydrogen-bond acceptors (Lipinski definition) is 3. The van der Waals surface area contributed by atoms with Crippen LogP contribution in [0.2, 0.25) is 0 Å². The SMILES string of the molecule is CN(C)C1CCN(C(=O)C2CCC(C(=O)O)C2)CC1. The second-order valence-electron chi connectivity index (χ2n) is 6.07. The van der Waals surface area contributed by atoms with Crippen molar-refractivity contribution in [2.24, 2.45) is 11.8 Å². The van der Waals surface area contributed by atoms with Gasteiger partial charge in [-0.3, -0.25) is 9.59 Å². The first-order chi connectivity index (χ1) is 8.99. The van der Waals surface area contributed by atoms with Crippen molar-refractivity contribution in [3.63, 3.8) is 0 Å². The fourth-order valence-electron chi connectivity index (χ4n) is 3.29. The number of nitrogens with zero attached hydrogens (tertiary/aromatic N) is 2. The normalized spacial score (nSPS) is 28.9. The number of likely N-dealkylation sites (tertiary alicyclic amines) is 1. The highest BCUT2D eigenvalue weighted by Crippen LogP contribution is 2.33. The minimum atomic E-state index is -0.749. The van der Waals surface area contributed by atoms with Gasteiger partial charge in [0.25, 0.3) is 0 Å². The number of piperidine rings is 1. The number of hydrogen-bond donors (Lipinski definition) is 1. The van der Waals surface area contributed by atoms with Gasteiger partial charge >= 0.3 is 5.97 Å². The number of aliphatic carboxylic acids is 1. The van der Waals surface area contributed by atoms with Crippen molar-refractivity contribution in [1.29, 1.82) is 0 Å². The zero-order valence-corrected chi connectivity index (χ0v) is 11.8. The summed E-state index contributed by atoms with van der Waals surface area (Å²) in [4.78, 5) is 27.5. The van der Waals surface area contributed by atoms with Crippen molar-refractivity contribution in [2.75, 3.05) is 27.2 Å². The third-order valence-corrected chi connectivity index (χ3v) is 4.64. The maximum Gasteiger partial charge on any atom is 0.306 e. The monoisotopic (exact) mass is 268 g/mol. The molecule has 1 saturated carbocycles. The molecule has 1 heterocycles. The molecule has 2 rings (SSSR count). The molecule has 1 saturated heterocycles. The first-order valence-electron chi connectivity index (χ1n) is 7.17. The Bertz CT molecular complexity index is 349. The lowest BCUT2D eigenvalue weighted by Crippen LogP contribution is -2.46. The fraction of sp³-hybridized carbons (Fsp3) is 0.857. The molecule has 2 unspecified atom stereocenters. The third-order valence-electron chi connectivity index (χ3n) is 4.64. The Labute approximate surface area is 114 Å². The molecule has 2 atom stereocenters. The average Bonchev–Trinajstić information content (AvgIpc) is 2.87. The van der Waals surface area contributed by atoms with Gasteiger partial charge in [-0.05, 0) is 46.2 Å². The first-order valence-corrected chi connectivity index (χ1v) is 7.17. The molecule has 0 bridgehead atoms. The van der Waals surface area contributed by atoms with Crippen LogP contribution in [0.4, 0.5) is 0 Å². The van der Waals surface area contributed by atoms with Gasteiger partial charge in [0.15, 0.2) is 0 Å². The fourth-order valence-corrected chi connectivity index (χ4v) is 3.29. The summed E-state index contributed by atoms with van der Waals surface area (Å²) in [5.41, 5.74) is 0. The summed E-state index contributed by atoms with van der Waals surface area (Å²) in [5.74, 6) is -0.937. The highest BCUT2D eigenvalue weighted by Gasteiger charge is 2.36. The van der Waals surface area contributed by atoms with Gasteiger partial charge in [-0.2, -0.15) is 0 Å². The highest BCUT2D eigenvalue weighted by molar-refractivity contribution is 5.81. The van der Waals surface area contributed by atoms with E-state index in [1.165, 1.54) is 0 Å². The smallest absolute Gasteiger partial charge is 0.306 e. The molecule has 19 heavy (non-hydrogen) atoms. The molecule has 1 aliphatic carbocycles. The predicted octanol–water partition coefficient (Wildman–Crippen LogP) is 1.04. The largest absolute Gasteiger partial charge is 0.481 e. The molecule has 2 aliphatic rings. The zero-order chi connectivity index (χ0) is 14.0. The molecule has 1 N–H and O–H groups in total. The van der Waals surface area contributed by atoms with E-state index in [9.17, 15) is 9.59 Å². The van der Waals surface area contributed by atoms with E-state index in [1.807, 2.05) is 4.90 Å². The van der Waals surface area contributed by atoms with Gasteiger partial charge in [-0.1, -0.05) is 0 Å². The van der Waals surface area contributed by atoms with Crippen molar-refractivity contribution in [3.8, 4) is 0 Å². The topological polar surface area (TPSA) is 60.9 Å². The van der Waals surface area contributed by atoms with Crippen molar-refractivity contribution in [1.82, 2.24) is 9.80 Å². The maximum absolute atomic E-state index is 12.4. The van der Waals surface area contributed by atoms with Crippen molar-refractivity contribution >= 4 is 11.9 Å². The molecule has 0 aromatic carbocycles. The maximum atomic E-state index is 12.4. The Morgan fingerprint density at radius 1 is 1.05 bits per heavy atom. The van der Waals surface area contributed by atoms with E-state index >= 15 is 0 Å². The Hall–Kier alpha value is -1.10. The molecule has 0 radical (unpaired) electrons. The van der Waals surface area contributed by atoms with Crippen LogP contribution in [-0.2, 0) is 9.59 Å². The Kier molecular flexibility index (Phi) is 4.45. The first kappa shape index (κ1) is 14.3. The summed E-state index contributed by atoms with van der Waals surface area (Å²) < 4.78 is 0. The summed E-state index contributed by atoms with van der Waals surface area (Å²) in [7, 11) is 4.16. The van der Waals surface area contributed by atoms with E-state index in [2.05, 4.69) is 19.0 Å². The van der Waals surface area contributed by atoms with Gasteiger partial charge < -0.3 is 14.9 Å². The van der Waals surface area contributed by atoms with Gasteiger partial charge in [0.1, 0.15) is 0 Å². The van der Waals surface area contributed by atoms with Gasteiger partial charge in [0, 0.05) is 25.0 Å². The molecule has 0 aromatic heterocycles. The molecule has 0 aromatic rings. The Balaban J connectivity index is 1.83. The van der Waals surface area contributed by atoms with Crippen LogP contribution in [-0.4, -0.2) is 60.0 Å². The van der Waals surface area contributed by atoms with Crippen molar-refractivity contribution in [3.05, 3.63) is 0 Å². The third kappa shape index (κ3) is 3.26. The van der Waals surface area contributed by atoms with Gasteiger partial charge in [-0.25, -0.2) is 0 Å². The van der Waals surface area contributed by atoms with Gasteiger partial charge in [0.05, 0.1) is 5.92 Å². The minimum absolute atomic E-state index is 0.0583. The Morgan fingerprint density at radius 2 is 1.63 bits per heavy atom. The van der Waals surface area contributed by atoms with Gasteiger partial charge in [0.2, 0.25) is 5.91 Å². The number of rotatable bonds is 3. The summed E-state index contributed by atoms with van der Waals surface area (Å²) in [6, 6.07) is 0.569. The lowest BCUT2D eigenvalue weighted by Gasteiger charge is -2.36. The second kappa shape index (κ2) is 5.90. The molecule has 108 valence electrons. The van der Waals surface area contributed by atoms with Gasteiger partial charge in [-0.15, -0.1) is 0 Å². The molecule has 1 aliphatic heterocycles. The summed E-state index contributed by atoms with van der Waals surface area (Å²) in [5, 5.41) is 8.99. The van der Waals surface area contributed by atoms with Crippen LogP contribution in [0.3, 0.4) is 0 Å². The van der Waals surface area contributed by atoms with Crippen molar-refractivity contribution in [2.45, 2.75) is 38.1 Å². The van der Waals surface area contributed by atoms with Crippen molar-refractivity contribution < 1.29 is 14.7 Å². The molecule has 5 heteroatoms. The molecular weight excluding hydrogens is 244 g/mol. The van der Waals surface area contributed by atoms with Crippen LogP contribution >= 0.6 is 0 Å². The molecule has 0 spiro atoms. The lowest BCUT2D eigenvalue weighted by molar-refractivity contribution is -0.141. The van der Waals surface area contributed by atoms with E-state index < -0.39 is 5.97 Å². The van der Waals surface area contributed by atoms with E-state index in [4.69, 9.17) is 5.11 Å². The predicted molar refractivity (Wildman–Crippen MR) is 71.8 cm³/mol. The van der Waals surface area contributed by atoms with E-state index in [0.717, 1.165) is 32.4 Å². The summed E-state index contributed by atoms with van der Waals surface area (Å²) >= 11 is 0. The molecular formula is C14H24N2O3. The highest BCUT2D eigenvalue weighted by atomic mass is 16.4. The van der Waals surface area contributed by atoms with Crippen LogP contribution in [0.1, 0.15) is 32.1 Å². The summed E-state index contributed by atoms with van der Waals surface area (Å²) in [6.45, 7) is 1.63. The van der Waals surface area contributed by atoms with E-state index in [-0.39, 0.29) is 17.7 Å². The number of carbonyl (C=O) groups excluding carboxylic acids is 1. The van der Waals surface area contributed by atoms with Crippen LogP contribution in [0, 0.1) is 11.8 Å². The molecule has 2 fully saturated rings.